The first kappa shape index (κ1) is 15.1. The van der Waals surface area contributed by atoms with E-state index < -0.39 is 0 Å². The maximum Gasteiger partial charge on any atom is 0.226 e. The lowest BCUT2D eigenvalue weighted by atomic mass is 10.00. The number of carbonyl (C=O) groups is 1. The summed E-state index contributed by atoms with van der Waals surface area (Å²) in [5, 5.41) is 9.34. The molecule has 1 atom stereocenters. The highest BCUT2D eigenvalue weighted by Crippen LogP contribution is 2.28. The first-order valence-corrected chi connectivity index (χ1v) is 8.54. The highest BCUT2D eigenvalue weighted by Gasteiger charge is 2.27. The van der Waals surface area contributed by atoms with Gasteiger partial charge in [-0.3, -0.25) is 9.36 Å². The van der Waals surface area contributed by atoms with E-state index >= 15 is 0 Å². The molecule has 0 aliphatic carbocycles. The van der Waals surface area contributed by atoms with Crippen molar-refractivity contribution in [1.82, 2.24) is 19.7 Å². The van der Waals surface area contributed by atoms with E-state index in [2.05, 4.69) is 17.1 Å². The van der Waals surface area contributed by atoms with E-state index in [4.69, 9.17) is 4.42 Å². The number of thioether (sulfide) groups is 1. The standard InChI is InChI=1S/C15H20N4O2S/c1-3-19-13(12-7-5-9-21-12)16-17-15(19)22-10-11-6-4-8-18(2)14(11)20/h5,7,9,11H,3-4,6,8,10H2,1-2H3/t11-/m0/s1. The van der Waals surface area contributed by atoms with Crippen molar-refractivity contribution < 1.29 is 9.21 Å². The van der Waals surface area contributed by atoms with Crippen molar-refractivity contribution in [2.24, 2.45) is 5.92 Å². The number of aromatic nitrogens is 3. The minimum atomic E-state index is 0.0813. The molecular weight excluding hydrogens is 300 g/mol. The quantitative estimate of drug-likeness (QED) is 0.792. The summed E-state index contributed by atoms with van der Waals surface area (Å²) in [6.07, 6.45) is 3.67. The van der Waals surface area contributed by atoms with Gasteiger partial charge in [0, 0.05) is 31.8 Å². The van der Waals surface area contributed by atoms with Crippen LogP contribution in [0.5, 0.6) is 0 Å². The Morgan fingerprint density at radius 1 is 1.45 bits per heavy atom. The Bertz CT molecular complexity index is 638. The number of carbonyl (C=O) groups excluding carboxylic acids is 1. The van der Waals surface area contributed by atoms with E-state index in [1.165, 1.54) is 0 Å². The van der Waals surface area contributed by atoms with Gasteiger partial charge in [0.2, 0.25) is 5.91 Å². The number of piperidine rings is 1. The fourth-order valence-electron chi connectivity index (χ4n) is 2.72. The van der Waals surface area contributed by atoms with Gasteiger partial charge in [0.05, 0.1) is 6.26 Å². The molecule has 0 N–H and O–H groups in total. The van der Waals surface area contributed by atoms with E-state index in [0.29, 0.717) is 0 Å². The molecule has 1 amide bonds. The highest BCUT2D eigenvalue weighted by molar-refractivity contribution is 7.99. The van der Waals surface area contributed by atoms with Gasteiger partial charge in [0.25, 0.3) is 0 Å². The molecular formula is C15H20N4O2S. The van der Waals surface area contributed by atoms with Crippen molar-refractivity contribution in [3.05, 3.63) is 18.4 Å². The zero-order valence-corrected chi connectivity index (χ0v) is 13.7. The molecule has 0 unspecified atom stereocenters. The zero-order valence-electron chi connectivity index (χ0n) is 12.9. The molecule has 1 saturated heterocycles. The Morgan fingerprint density at radius 3 is 3.05 bits per heavy atom. The zero-order chi connectivity index (χ0) is 15.5. The molecule has 1 aliphatic rings. The third kappa shape index (κ3) is 2.90. The maximum atomic E-state index is 12.1. The molecule has 0 spiro atoms. The third-order valence-electron chi connectivity index (χ3n) is 3.96. The van der Waals surface area contributed by atoms with Crippen LogP contribution in [-0.2, 0) is 11.3 Å². The summed E-state index contributed by atoms with van der Waals surface area (Å²) in [4.78, 5) is 14.0. The summed E-state index contributed by atoms with van der Waals surface area (Å²) in [5.74, 6) is 2.53. The highest BCUT2D eigenvalue weighted by atomic mass is 32.2. The van der Waals surface area contributed by atoms with Crippen molar-refractivity contribution >= 4 is 17.7 Å². The molecule has 3 heterocycles. The molecule has 0 saturated carbocycles. The van der Waals surface area contributed by atoms with Crippen LogP contribution in [0.15, 0.2) is 28.0 Å². The number of hydrogen-bond acceptors (Lipinski definition) is 5. The van der Waals surface area contributed by atoms with E-state index in [1.54, 1.807) is 18.0 Å². The van der Waals surface area contributed by atoms with Crippen molar-refractivity contribution in [2.45, 2.75) is 31.5 Å². The van der Waals surface area contributed by atoms with Crippen molar-refractivity contribution in [2.75, 3.05) is 19.3 Å². The Morgan fingerprint density at radius 2 is 2.32 bits per heavy atom. The Labute approximate surface area is 133 Å². The van der Waals surface area contributed by atoms with Gasteiger partial charge in [-0.25, -0.2) is 0 Å². The molecule has 22 heavy (non-hydrogen) atoms. The minimum absolute atomic E-state index is 0.0813. The number of nitrogens with zero attached hydrogens (tertiary/aromatic N) is 4. The van der Waals surface area contributed by atoms with Crippen LogP contribution in [0.1, 0.15) is 19.8 Å². The van der Waals surface area contributed by atoms with E-state index in [-0.39, 0.29) is 11.8 Å². The Kier molecular flexibility index (Phi) is 4.52. The number of amides is 1. The van der Waals surface area contributed by atoms with Crippen LogP contribution < -0.4 is 0 Å². The van der Waals surface area contributed by atoms with Crippen LogP contribution in [0.3, 0.4) is 0 Å². The predicted octanol–water partition coefficient (Wildman–Crippen LogP) is 2.52. The monoisotopic (exact) mass is 320 g/mol. The molecule has 3 rings (SSSR count). The van der Waals surface area contributed by atoms with E-state index in [9.17, 15) is 4.79 Å². The van der Waals surface area contributed by atoms with Crippen molar-refractivity contribution in [3.8, 4) is 11.6 Å². The molecule has 0 radical (unpaired) electrons. The number of furan rings is 1. The van der Waals surface area contributed by atoms with Crippen LogP contribution in [0, 0.1) is 5.92 Å². The van der Waals surface area contributed by atoms with Crippen LogP contribution in [0.2, 0.25) is 0 Å². The second-order valence-corrected chi connectivity index (χ2v) is 6.42. The molecule has 0 aromatic carbocycles. The van der Waals surface area contributed by atoms with Gasteiger partial charge in [0.1, 0.15) is 0 Å². The van der Waals surface area contributed by atoms with Gasteiger partial charge >= 0.3 is 0 Å². The lowest BCUT2D eigenvalue weighted by Gasteiger charge is -2.28. The molecule has 7 heteroatoms. The average molecular weight is 320 g/mol. The van der Waals surface area contributed by atoms with Gasteiger partial charge < -0.3 is 9.32 Å². The summed E-state index contributed by atoms with van der Waals surface area (Å²) in [6, 6.07) is 3.72. The summed E-state index contributed by atoms with van der Waals surface area (Å²) in [5.41, 5.74) is 0. The Hall–Kier alpha value is -1.76. The van der Waals surface area contributed by atoms with Crippen molar-refractivity contribution in [1.29, 1.82) is 0 Å². The molecule has 1 fully saturated rings. The molecule has 0 bridgehead atoms. The second kappa shape index (κ2) is 6.56. The largest absolute Gasteiger partial charge is 0.461 e. The second-order valence-electron chi connectivity index (χ2n) is 5.44. The van der Waals surface area contributed by atoms with Crippen LogP contribution >= 0.6 is 11.8 Å². The molecule has 6 nitrogen and oxygen atoms in total. The maximum absolute atomic E-state index is 12.1. The van der Waals surface area contributed by atoms with Crippen LogP contribution in [0.4, 0.5) is 0 Å². The molecule has 118 valence electrons. The number of likely N-dealkylation sites (tertiary alicyclic amines) is 1. The summed E-state index contributed by atoms with van der Waals surface area (Å²) in [6.45, 7) is 3.69. The van der Waals surface area contributed by atoms with Gasteiger partial charge in [-0.1, -0.05) is 11.8 Å². The van der Waals surface area contributed by atoms with E-state index in [0.717, 1.165) is 48.4 Å². The van der Waals surface area contributed by atoms with Gasteiger partial charge in [-0.05, 0) is 31.9 Å². The number of rotatable bonds is 5. The van der Waals surface area contributed by atoms with Crippen LogP contribution in [-0.4, -0.2) is 44.9 Å². The van der Waals surface area contributed by atoms with Gasteiger partial charge in [-0.2, -0.15) is 0 Å². The van der Waals surface area contributed by atoms with Crippen molar-refractivity contribution in [3.63, 3.8) is 0 Å². The summed E-state index contributed by atoms with van der Waals surface area (Å²) >= 11 is 1.60. The first-order chi connectivity index (χ1) is 10.7. The summed E-state index contributed by atoms with van der Waals surface area (Å²) < 4.78 is 7.44. The SMILES string of the molecule is CCn1c(SC[C@@H]2CCCN(C)C2=O)nnc1-c1ccco1. The fraction of sp³-hybridized carbons (Fsp3) is 0.533. The van der Waals surface area contributed by atoms with Crippen LogP contribution in [0.25, 0.3) is 11.6 Å². The Balaban J connectivity index is 1.72. The van der Waals surface area contributed by atoms with Gasteiger partial charge in [-0.15, -0.1) is 10.2 Å². The molecule has 2 aromatic heterocycles. The number of hydrogen-bond donors (Lipinski definition) is 0. The third-order valence-corrected chi connectivity index (χ3v) is 5.09. The topological polar surface area (TPSA) is 64.2 Å². The summed E-state index contributed by atoms with van der Waals surface area (Å²) in [7, 11) is 1.88. The lowest BCUT2D eigenvalue weighted by molar-refractivity contribution is -0.135. The normalized spacial score (nSPS) is 18.9. The fourth-order valence-corrected chi connectivity index (χ4v) is 3.85. The molecule has 2 aromatic rings. The average Bonchev–Trinajstić information content (AvgIpc) is 3.17. The predicted molar refractivity (Wildman–Crippen MR) is 84.5 cm³/mol. The van der Waals surface area contributed by atoms with E-state index in [1.807, 2.05) is 28.6 Å². The lowest BCUT2D eigenvalue weighted by Crippen LogP contribution is -2.39. The minimum Gasteiger partial charge on any atom is -0.461 e. The molecule has 1 aliphatic heterocycles. The van der Waals surface area contributed by atoms with Gasteiger partial charge in [0.15, 0.2) is 16.7 Å². The first-order valence-electron chi connectivity index (χ1n) is 7.55. The smallest absolute Gasteiger partial charge is 0.226 e.